The largest absolute Gasteiger partial charge is 0.511 e. The molecular formula is C28H33F3N2O2S. The van der Waals surface area contributed by atoms with Gasteiger partial charge < -0.3 is 4.90 Å². The third-order valence-corrected chi connectivity index (χ3v) is 10.1. The van der Waals surface area contributed by atoms with Crippen molar-refractivity contribution in [3.05, 3.63) is 76.9 Å². The molecule has 2 bridgehead atoms. The summed E-state index contributed by atoms with van der Waals surface area (Å²) in [4.78, 5) is 2.52. The second kappa shape index (κ2) is 9.62. The molecule has 1 saturated carbocycles. The van der Waals surface area contributed by atoms with E-state index < -0.39 is 15.5 Å². The van der Waals surface area contributed by atoms with Crippen LogP contribution in [0.2, 0.25) is 0 Å². The first-order valence-electron chi connectivity index (χ1n) is 12.7. The Hall–Kier alpha value is -2.16. The van der Waals surface area contributed by atoms with Crippen LogP contribution in [0.1, 0.15) is 54.4 Å². The van der Waals surface area contributed by atoms with Gasteiger partial charge in [-0.2, -0.15) is 17.5 Å². The molecule has 1 heterocycles. The van der Waals surface area contributed by atoms with Gasteiger partial charge in [-0.05, 0) is 67.4 Å². The van der Waals surface area contributed by atoms with Gasteiger partial charge in [-0.25, -0.2) is 8.42 Å². The molecule has 2 aromatic carbocycles. The lowest BCUT2D eigenvalue weighted by Gasteiger charge is -2.58. The molecule has 1 saturated heterocycles. The second-order valence-electron chi connectivity index (χ2n) is 10.6. The standard InChI is InChI=1S/C28H33F3N2O2S/c1-32-17-15-27-14-6-5-11-24(27)26(32)19-23-13-12-21(18-25(23)27)10-7-16-33(36(34,35)28(29,30)31)20-22-8-3-2-4-9-22/h2-4,7-10,12-13,18,24,26H,5-6,11,14-17,19-20H2,1H3/b10-7+/t24-,26?,27+/m1/s1. The molecular weight excluding hydrogens is 485 g/mol. The van der Waals surface area contributed by atoms with Crippen molar-refractivity contribution in [2.75, 3.05) is 20.1 Å². The lowest BCUT2D eigenvalue weighted by atomic mass is 9.52. The van der Waals surface area contributed by atoms with Crippen LogP contribution in [0.4, 0.5) is 13.2 Å². The number of nitrogens with zero attached hydrogens (tertiary/aromatic N) is 2. The van der Waals surface area contributed by atoms with Gasteiger partial charge in [0, 0.05) is 24.5 Å². The number of halogens is 3. The predicted molar refractivity (Wildman–Crippen MR) is 136 cm³/mol. The van der Waals surface area contributed by atoms with Crippen molar-refractivity contribution >= 4 is 16.1 Å². The third kappa shape index (κ3) is 4.52. The molecule has 0 spiro atoms. The number of benzene rings is 2. The van der Waals surface area contributed by atoms with Crippen LogP contribution in [0.25, 0.3) is 6.08 Å². The molecule has 194 valence electrons. The van der Waals surface area contributed by atoms with E-state index in [4.69, 9.17) is 0 Å². The maximum atomic E-state index is 13.4. The molecule has 0 N–H and O–H groups in total. The number of likely N-dealkylation sites (tertiary alicyclic amines) is 1. The molecule has 2 fully saturated rings. The molecule has 36 heavy (non-hydrogen) atoms. The summed E-state index contributed by atoms with van der Waals surface area (Å²) in [6, 6.07) is 15.3. The zero-order chi connectivity index (χ0) is 25.6. The number of likely N-dealkylation sites (N-methyl/N-ethyl adjacent to an activating group) is 1. The Balaban J connectivity index is 1.41. The van der Waals surface area contributed by atoms with E-state index in [9.17, 15) is 21.6 Å². The smallest absolute Gasteiger partial charge is 0.303 e. The Kier molecular flexibility index (Phi) is 6.81. The summed E-state index contributed by atoms with van der Waals surface area (Å²) in [6.07, 6.45) is 10.4. The summed E-state index contributed by atoms with van der Waals surface area (Å²) in [5, 5.41) is 0. The maximum absolute atomic E-state index is 13.4. The second-order valence-corrected chi connectivity index (χ2v) is 12.5. The minimum atomic E-state index is -5.46. The molecule has 5 rings (SSSR count). The lowest BCUT2D eigenvalue weighted by molar-refractivity contribution is -0.0488. The van der Waals surface area contributed by atoms with Gasteiger partial charge in [-0.1, -0.05) is 73.5 Å². The van der Waals surface area contributed by atoms with E-state index in [1.807, 2.05) is 6.07 Å². The summed E-state index contributed by atoms with van der Waals surface area (Å²) in [7, 11) is -3.22. The van der Waals surface area contributed by atoms with Crippen LogP contribution < -0.4 is 0 Å². The van der Waals surface area contributed by atoms with Gasteiger partial charge in [0.05, 0.1) is 0 Å². The van der Waals surface area contributed by atoms with E-state index in [1.165, 1.54) is 42.9 Å². The fourth-order valence-corrected chi connectivity index (χ4v) is 7.70. The Bertz CT molecular complexity index is 1230. The molecule has 2 aromatic rings. The van der Waals surface area contributed by atoms with Gasteiger partial charge in [0.25, 0.3) is 0 Å². The zero-order valence-electron chi connectivity index (χ0n) is 20.5. The number of fused-ring (bicyclic) bond motifs is 1. The lowest BCUT2D eigenvalue weighted by Crippen LogP contribution is -2.59. The van der Waals surface area contributed by atoms with E-state index in [-0.39, 0.29) is 18.5 Å². The van der Waals surface area contributed by atoms with E-state index in [2.05, 4.69) is 24.1 Å². The van der Waals surface area contributed by atoms with Gasteiger partial charge in [0.15, 0.2) is 0 Å². The minimum absolute atomic E-state index is 0.186. The Labute approximate surface area is 211 Å². The summed E-state index contributed by atoms with van der Waals surface area (Å²) in [6.45, 7) is 0.399. The number of alkyl halides is 3. The van der Waals surface area contributed by atoms with Gasteiger partial charge in [-0.3, -0.25) is 0 Å². The molecule has 0 radical (unpaired) electrons. The highest BCUT2D eigenvalue weighted by Gasteiger charge is 2.53. The number of hydrogen-bond donors (Lipinski definition) is 0. The summed E-state index contributed by atoms with van der Waals surface area (Å²) >= 11 is 0. The van der Waals surface area contributed by atoms with Crippen LogP contribution in [0.5, 0.6) is 0 Å². The molecule has 0 aromatic heterocycles. The van der Waals surface area contributed by atoms with Crippen molar-refractivity contribution in [1.29, 1.82) is 0 Å². The van der Waals surface area contributed by atoms with E-state index in [1.54, 1.807) is 36.4 Å². The van der Waals surface area contributed by atoms with Crippen LogP contribution in [-0.2, 0) is 28.4 Å². The number of piperidine rings is 1. The van der Waals surface area contributed by atoms with Crippen molar-refractivity contribution < 1.29 is 21.6 Å². The first-order chi connectivity index (χ1) is 17.1. The predicted octanol–water partition coefficient (Wildman–Crippen LogP) is 5.74. The molecule has 3 atom stereocenters. The normalized spacial score (nSPS) is 26.7. The number of hydrogen-bond acceptors (Lipinski definition) is 3. The Morgan fingerprint density at radius 3 is 2.64 bits per heavy atom. The highest BCUT2D eigenvalue weighted by Crippen LogP contribution is 2.55. The molecule has 1 aliphatic heterocycles. The first kappa shape index (κ1) is 25.5. The van der Waals surface area contributed by atoms with Crippen molar-refractivity contribution in [1.82, 2.24) is 9.21 Å². The minimum Gasteiger partial charge on any atom is -0.303 e. The number of rotatable bonds is 6. The van der Waals surface area contributed by atoms with Crippen LogP contribution in [0.3, 0.4) is 0 Å². The third-order valence-electron chi connectivity index (χ3n) is 8.59. The average molecular weight is 519 g/mol. The highest BCUT2D eigenvalue weighted by atomic mass is 32.2. The number of sulfonamides is 1. The highest BCUT2D eigenvalue weighted by molar-refractivity contribution is 7.89. The van der Waals surface area contributed by atoms with Crippen molar-refractivity contribution in [2.24, 2.45) is 5.92 Å². The monoisotopic (exact) mass is 518 g/mol. The van der Waals surface area contributed by atoms with Crippen molar-refractivity contribution in [3.63, 3.8) is 0 Å². The van der Waals surface area contributed by atoms with Crippen molar-refractivity contribution in [2.45, 2.75) is 62.0 Å². The molecule has 1 unspecified atom stereocenters. The van der Waals surface area contributed by atoms with Gasteiger partial charge in [0.2, 0.25) is 0 Å². The van der Waals surface area contributed by atoms with Crippen molar-refractivity contribution in [3.8, 4) is 0 Å². The molecule has 0 amide bonds. The van der Waals surface area contributed by atoms with Crippen LogP contribution in [-0.4, -0.2) is 49.3 Å². The molecule has 3 aliphatic rings. The molecule has 2 aliphatic carbocycles. The summed E-state index contributed by atoms with van der Waals surface area (Å²) in [5.41, 5.74) is -0.955. The van der Waals surface area contributed by atoms with E-state index in [0.29, 0.717) is 21.8 Å². The summed E-state index contributed by atoms with van der Waals surface area (Å²) in [5.74, 6) is 0.648. The SMILES string of the molecule is CN1CC[C@@]23CCCC[C@@H]2C1Cc1ccc(/C=C/CN(Cc2ccccc2)S(=O)(=O)C(F)(F)F)cc13. The van der Waals surface area contributed by atoms with Crippen LogP contribution in [0, 0.1) is 5.92 Å². The Morgan fingerprint density at radius 2 is 1.89 bits per heavy atom. The van der Waals surface area contributed by atoms with E-state index >= 15 is 0 Å². The zero-order valence-corrected chi connectivity index (χ0v) is 21.4. The molecule has 8 heteroatoms. The van der Waals surface area contributed by atoms with Gasteiger partial charge >= 0.3 is 15.5 Å². The first-order valence-corrected chi connectivity index (χ1v) is 14.2. The topological polar surface area (TPSA) is 40.6 Å². The molecule has 4 nitrogen and oxygen atoms in total. The van der Waals surface area contributed by atoms with E-state index in [0.717, 1.165) is 24.9 Å². The average Bonchev–Trinajstić information content (AvgIpc) is 2.86. The van der Waals surface area contributed by atoms with Crippen LogP contribution >= 0.6 is 0 Å². The van der Waals surface area contributed by atoms with Crippen LogP contribution in [0.15, 0.2) is 54.6 Å². The maximum Gasteiger partial charge on any atom is 0.511 e. The van der Waals surface area contributed by atoms with Gasteiger partial charge in [0.1, 0.15) is 0 Å². The fourth-order valence-electron chi connectivity index (χ4n) is 6.81. The Morgan fingerprint density at radius 1 is 1.11 bits per heavy atom. The summed E-state index contributed by atoms with van der Waals surface area (Å²) < 4.78 is 65.1. The quantitative estimate of drug-likeness (QED) is 0.490. The fraction of sp³-hybridized carbons (Fsp3) is 0.500. The van der Waals surface area contributed by atoms with Gasteiger partial charge in [-0.15, -0.1) is 0 Å².